The normalized spacial score (nSPS) is 14.5. The summed E-state index contributed by atoms with van der Waals surface area (Å²) in [5, 5.41) is 14.4. The summed E-state index contributed by atoms with van der Waals surface area (Å²) in [6.45, 7) is 4.89. The van der Waals surface area contributed by atoms with E-state index < -0.39 is 0 Å². The predicted molar refractivity (Wildman–Crippen MR) is 131 cm³/mol. The van der Waals surface area contributed by atoms with Crippen LogP contribution in [0.1, 0.15) is 68.4 Å². The Morgan fingerprint density at radius 3 is 2.56 bits per heavy atom. The molecule has 176 valence electrons. The molecular weight excluding hydrogens is 426 g/mol. The number of aromatic nitrogens is 7. The first-order valence-corrected chi connectivity index (χ1v) is 12.2. The van der Waals surface area contributed by atoms with Gasteiger partial charge in [0, 0.05) is 41.0 Å². The number of imidazole rings is 1. The Morgan fingerprint density at radius 2 is 1.85 bits per heavy atom. The van der Waals surface area contributed by atoms with Crippen LogP contribution in [0.5, 0.6) is 0 Å². The second kappa shape index (κ2) is 9.75. The van der Waals surface area contributed by atoms with E-state index in [4.69, 9.17) is 0 Å². The van der Waals surface area contributed by atoms with Crippen LogP contribution in [-0.2, 0) is 13.0 Å². The lowest BCUT2D eigenvalue weighted by Crippen LogP contribution is -2.29. The van der Waals surface area contributed by atoms with Crippen LogP contribution in [0.15, 0.2) is 47.5 Å². The first-order valence-electron chi connectivity index (χ1n) is 12.2. The molecule has 34 heavy (non-hydrogen) atoms. The summed E-state index contributed by atoms with van der Waals surface area (Å²) < 4.78 is 4.09. The standard InChI is InChI=1S/C26H31N7O/c1-3-7-24-18(2)33(21-8-5-4-6-9-21)26(34)32(24)17-19-10-12-20(13-11-19)23-16-27-15-14-22(23)25-28-30-31-29-25/h10-16,21H,3-9,17H2,1-2H3,(H,28,29,30,31). The Hall–Kier alpha value is -3.55. The Balaban J connectivity index is 1.46. The van der Waals surface area contributed by atoms with Crippen LogP contribution in [0.3, 0.4) is 0 Å². The Kier molecular flexibility index (Phi) is 6.38. The zero-order valence-corrected chi connectivity index (χ0v) is 19.9. The minimum atomic E-state index is 0.142. The second-order valence-corrected chi connectivity index (χ2v) is 9.17. The summed E-state index contributed by atoms with van der Waals surface area (Å²) in [6, 6.07) is 10.6. The average molecular weight is 458 g/mol. The van der Waals surface area contributed by atoms with Gasteiger partial charge in [0.15, 0.2) is 0 Å². The highest BCUT2D eigenvalue weighted by molar-refractivity contribution is 5.79. The van der Waals surface area contributed by atoms with Crippen molar-refractivity contribution in [3.05, 3.63) is 70.2 Å². The van der Waals surface area contributed by atoms with Crippen LogP contribution in [0.4, 0.5) is 0 Å². The predicted octanol–water partition coefficient (Wildman–Crippen LogP) is 4.71. The molecule has 0 radical (unpaired) electrons. The molecule has 0 aliphatic heterocycles. The van der Waals surface area contributed by atoms with Gasteiger partial charge >= 0.3 is 5.69 Å². The van der Waals surface area contributed by atoms with E-state index in [0.29, 0.717) is 18.4 Å². The van der Waals surface area contributed by atoms with Crippen LogP contribution in [0.2, 0.25) is 0 Å². The molecule has 5 rings (SSSR count). The number of benzene rings is 1. The van der Waals surface area contributed by atoms with Crippen LogP contribution < -0.4 is 5.69 Å². The van der Waals surface area contributed by atoms with Gasteiger partial charge in [-0.15, -0.1) is 10.2 Å². The van der Waals surface area contributed by atoms with E-state index in [-0.39, 0.29) is 5.69 Å². The fourth-order valence-electron chi connectivity index (χ4n) is 5.28. The van der Waals surface area contributed by atoms with Crippen molar-refractivity contribution in [2.45, 2.75) is 71.4 Å². The van der Waals surface area contributed by atoms with Crippen molar-refractivity contribution in [2.24, 2.45) is 0 Å². The van der Waals surface area contributed by atoms with Crippen molar-refractivity contribution in [3.63, 3.8) is 0 Å². The highest BCUT2D eigenvalue weighted by atomic mass is 16.1. The van der Waals surface area contributed by atoms with Crippen LogP contribution in [0, 0.1) is 6.92 Å². The van der Waals surface area contributed by atoms with Gasteiger partial charge in [-0.05, 0) is 48.6 Å². The number of tetrazole rings is 1. The van der Waals surface area contributed by atoms with Crippen molar-refractivity contribution in [3.8, 4) is 22.5 Å². The Bertz CT molecular complexity index is 1300. The third-order valence-corrected chi connectivity index (χ3v) is 6.98. The molecule has 0 unspecified atom stereocenters. The van der Waals surface area contributed by atoms with Crippen molar-refractivity contribution < 1.29 is 0 Å². The molecule has 0 amide bonds. The van der Waals surface area contributed by atoms with E-state index in [9.17, 15) is 4.79 Å². The van der Waals surface area contributed by atoms with E-state index in [2.05, 4.69) is 68.3 Å². The summed E-state index contributed by atoms with van der Waals surface area (Å²) in [5.74, 6) is 0.539. The van der Waals surface area contributed by atoms with Gasteiger partial charge in [0.05, 0.1) is 6.54 Å². The third-order valence-electron chi connectivity index (χ3n) is 6.98. The molecule has 1 aliphatic carbocycles. The molecule has 3 heterocycles. The summed E-state index contributed by atoms with van der Waals surface area (Å²) in [6.07, 6.45) is 11.4. The van der Waals surface area contributed by atoms with Crippen LogP contribution in [-0.4, -0.2) is 34.7 Å². The molecular formula is C26H31N7O. The first kappa shape index (κ1) is 22.3. The Labute approximate surface area is 199 Å². The zero-order valence-electron chi connectivity index (χ0n) is 19.9. The lowest BCUT2D eigenvalue weighted by atomic mass is 9.95. The molecule has 1 fully saturated rings. The van der Waals surface area contributed by atoms with Gasteiger partial charge in [0.1, 0.15) is 0 Å². The molecule has 8 heteroatoms. The number of rotatable bonds is 7. The van der Waals surface area contributed by atoms with Gasteiger partial charge in [-0.2, -0.15) is 5.21 Å². The molecule has 4 aromatic rings. The number of nitrogens with one attached hydrogen (secondary N) is 1. The first-order chi connectivity index (χ1) is 16.7. The van der Waals surface area contributed by atoms with Crippen molar-refractivity contribution in [1.82, 2.24) is 34.7 Å². The number of aromatic amines is 1. The van der Waals surface area contributed by atoms with E-state index in [1.54, 1.807) is 6.20 Å². The fourth-order valence-corrected chi connectivity index (χ4v) is 5.28. The number of hydrogen-bond donors (Lipinski definition) is 1. The topological polar surface area (TPSA) is 94.3 Å². The summed E-state index contributed by atoms with van der Waals surface area (Å²) in [7, 11) is 0. The maximum Gasteiger partial charge on any atom is 0.329 e. The molecule has 0 bridgehead atoms. The maximum atomic E-state index is 13.5. The molecule has 1 aliphatic rings. The summed E-state index contributed by atoms with van der Waals surface area (Å²) >= 11 is 0. The SMILES string of the molecule is CCCc1c(C)n(C2CCCCC2)c(=O)n1Cc1ccc(-c2cnccc2-c2nn[nH]n2)cc1. The zero-order chi connectivity index (χ0) is 23.5. The molecule has 0 atom stereocenters. The molecule has 1 N–H and O–H groups in total. The number of H-pyrrole nitrogens is 1. The van der Waals surface area contributed by atoms with Gasteiger partial charge in [0.25, 0.3) is 0 Å². The average Bonchev–Trinajstić information content (AvgIpc) is 3.49. The summed E-state index contributed by atoms with van der Waals surface area (Å²) in [5.41, 5.74) is 6.41. The molecule has 0 spiro atoms. The second-order valence-electron chi connectivity index (χ2n) is 9.17. The molecule has 8 nitrogen and oxygen atoms in total. The number of hydrogen-bond acceptors (Lipinski definition) is 5. The van der Waals surface area contributed by atoms with Gasteiger partial charge in [0.2, 0.25) is 5.82 Å². The maximum absolute atomic E-state index is 13.5. The summed E-state index contributed by atoms with van der Waals surface area (Å²) in [4.78, 5) is 17.8. The fraction of sp³-hybridized carbons (Fsp3) is 0.423. The highest BCUT2D eigenvalue weighted by Crippen LogP contribution is 2.31. The lowest BCUT2D eigenvalue weighted by molar-refractivity contribution is 0.340. The van der Waals surface area contributed by atoms with E-state index in [1.165, 1.54) is 25.0 Å². The van der Waals surface area contributed by atoms with Crippen molar-refractivity contribution >= 4 is 0 Å². The quantitative estimate of drug-likeness (QED) is 0.434. The third kappa shape index (κ3) is 4.20. The van der Waals surface area contributed by atoms with Gasteiger partial charge in [-0.1, -0.05) is 56.9 Å². The number of nitrogens with zero attached hydrogens (tertiary/aromatic N) is 6. The minimum Gasteiger partial charge on any atom is -0.293 e. The van der Waals surface area contributed by atoms with Crippen LogP contribution in [0.25, 0.3) is 22.5 Å². The smallest absolute Gasteiger partial charge is 0.293 e. The van der Waals surface area contributed by atoms with E-state index in [0.717, 1.165) is 53.6 Å². The van der Waals surface area contributed by atoms with Gasteiger partial charge in [-0.25, -0.2) is 4.79 Å². The molecule has 1 aromatic carbocycles. The molecule has 1 saturated carbocycles. The molecule has 3 aromatic heterocycles. The van der Waals surface area contributed by atoms with Crippen molar-refractivity contribution in [2.75, 3.05) is 0 Å². The monoisotopic (exact) mass is 457 g/mol. The van der Waals surface area contributed by atoms with Crippen molar-refractivity contribution in [1.29, 1.82) is 0 Å². The van der Waals surface area contributed by atoms with Gasteiger partial charge < -0.3 is 0 Å². The lowest BCUT2D eigenvalue weighted by Gasteiger charge is -2.23. The van der Waals surface area contributed by atoms with Crippen LogP contribution >= 0.6 is 0 Å². The number of pyridine rings is 1. The van der Waals surface area contributed by atoms with Gasteiger partial charge in [-0.3, -0.25) is 14.1 Å². The largest absolute Gasteiger partial charge is 0.329 e. The van der Waals surface area contributed by atoms with E-state index >= 15 is 0 Å². The van der Waals surface area contributed by atoms with E-state index in [1.807, 2.05) is 16.8 Å². The highest BCUT2D eigenvalue weighted by Gasteiger charge is 2.24. The minimum absolute atomic E-state index is 0.142. The Morgan fingerprint density at radius 1 is 1.06 bits per heavy atom. The molecule has 0 saturated heterocycles.